The summed E-state index contributed by atoms with van der Waals surface area (Å²) >= 11 is 0. The molecule has 0 radical (unpaired) electrons. The maximum absolute atomic E-state index is 14.1. The number of aromatic nitrogens is 4. The number of carbonyl (C=O) groups is 1. The lowest BCUT2D eigenvalue weighted by Crippen LogP contribution is -2.45. The summed E-state index contributed by atoms with van der Waals surface area (Å²) < 4.78 is 35.6. The van der Waals surface area contributed by atoms with Crippen LogP contribution >= 0.6 is 0 Å². The molecule has 0 spiro atoms. The van der Waals surface area contributed by atoms with Crippen molar-refractivity contribution in [3.63, 3.8) is 0 Å². The third-order valence-corrected chi connectivity index (χ3v) is 8.14. The number of anilines is 1. The van der Waals surface area contributed by atoms with E-state index in [1.54, 1.807) is 17.2 Å². The molecular formula is C31H34N6O4S. The number of rotatable bonds is 4. The van der Waals surface area contributed by atoms with Crippen molar-refractivity contribution in [1.82, 2.24) is 24.8 Å². The average Bonchev–Trinajstić information content (AvgIpc) is 2.93. The van der Waals surface area contributed by atoms with Gasteiger partial charge in [0.05, 0.1) is 24.0 Å². The highest BCUT2D eigenvalue weighted by molar-refractivity contribution is 7.92. The van der Waals surface area contributed by atoms with Crippen LogP contribution in [-0.4, -0.2) is 51.8 Å². The van der Waals surface area contributed by atoms with Gasteiger partial charge in [0.15, 0.2) is 5.03 Å². The lowest BCUT2D eigenvalue weighted by atomic mass is 9.87. The second-order valence-electron chi connectivity index (χ2n) is 11.6. The summed E-state index contributed by atoms with van der Waals surface area (Å²) in [5.41, 5.74) is 3.81. The molecule has 1 atom stereocenters. The molecule has 5 rings (SSSR count). The molecule has 4 bridgehead atoms. The summed E-state index contributed by atoms with van der Waals surface area (Å²) in [5, 5.41) is -0.318. The Labute approximate surface area is 246 Å². The number of pyridine rings is 2. The zero-order valence-corrected chi connectivity index (χ0v) is 25.1. The molecule has 10 nitrogen and oxygen atoms in total. The molecule has 4 heterocycles. The Balaban J connectivity index is 1.68. The molecule has 0 unspecified atom stereocenters. The zero-order chi connectivity index (χ0) is 30.1. The van der Waals surface area contributed by atoms with Gasteiger partial charge in [0.1, 0.15) is 12.3 Å². The predicted molar refractivity (Wildman–Crippen MR) is 159 cm³/mol. The lowest BCUT2D eigenvalue weighted by Gasteiger charge is -2.35. The quantitative estimate of drug-likeness (QED) is 0.346. The largest absolute Gasteiger partial charge is 0.475 e. The number of amides is 1. The van der Waals surface area contributed by atoms with E-state index in [9.17, 15) is 13.2 Å². The van der Waals surface area contributed by atoms with Crippen LogP contribution in [0.1, 0.15) is 54.5 Å². The molecule has 42 heavy (non-hydrogen) atoms. The second-order valence-corrected chi connectivity index (χ2v) is 13.3. The van der Waals surface area contributed by atoms with Gasteiger partial charge in [-0.05, 0) is 61.1 Å². The molecule has 4 aromatic rings. The van der Waals surface area contributed by atoms with Crippen LogP contribution in [0.5, 0.6) is 5.88 Å². The van der Waals surface area contributed by atoms with Gasteiger partial charge in [-0.15, -0.1) is 0 Å². The van der Waals surface area contributed by atoms with Crippen molar-refractivity contribution >= 4 is 21.9 Å². The predicted octanol–water partition coefficient (Wildman–Crippen LogP) is 5.19. The number of aryl methyl sites for hydroxylation is 2. The van der Waals surface area contributed by atoms with E-state index in [0.29, 0.717) is 17.8 Å². The van der Waals surface area contributed by atoms with Crippen LogP contribution in [0.2, 0.25) is 0 Å². The number of benzene rings is 1. The Morgan fingerprint density at radius 3 is 2.38 bits per heavy atom. The van der Waals surface area contributed by atoms with Gasteiger partial charge in [-0.3, -0.25) is 9.78 Å². The maximum atomic E-state index is 14.1. The molecule has 0 saturated heterocycles. The van der Waals surface area contributed by atoms with Crippen LogP contribution in [0.15, 0.2) is 71.9 Å². The van der Waals surface area contributed by atoms with Gasteiger partial charge in [0.25, 0.3) is 15.9 Å². The number of fused-ring (bicyclic) bond motifs is 4. The van der Waals surface area contributed by atoms with Gasteiger partial charge >= 0.3 is 0 Å². The van der Waals surface area contributed by atoms with Crippen LogP contribution in [-0.2, 0) is 16.6 Å². The smallest absolute Gasteiger partial charge is 0.281 e. The number of sulfonamides is 1. The molecular weight excluding hydrogens is 552 g/mol. The molecule has 1 amide bonds. The molecule has 1 aliphatic heterocycles. The van der Waals surface area contributed by atoms with Crippen LogP contribution in [0.3, 0.4) is 0 Å². The number of nitrogens with one attached hydrogen (secondary N) is 1. The normalized spacial score (nSPS) is 16.8. The Morgan fingerprint density at radius 1 is 0.952 bits per heavy atom. The van der Waals surface area contributed by atoms with Crippen LogP contribution in [0.4, 0.5) is 5.95 Å². The number of nitrogens with zero attached hydrogens (tertiary/aromatic N) is 5. The summed E-state index contributed by atoms with van der Waals surface area (Å²) in [6.45, 7) is 10.5. The molecule has 0 aliphatic carbocycles. The van der Waals surface area contributed by atoms with Gasteiger partial charge in [-0.1, -0.05) is 51.1 Å². The fourth-order valence-corrected chi connectivity index (χ4v) is 5.99. The van der Waals surface area contributed by atoms with Crippen molar-refractivity contribution in [3.8, 4) is 17.1 Å². The summed E-state index contributed by atoms with van der Waals surface area (Å²) in [7, 11) is -4.24. The first-order valence-corrected chi connectivity index (χ1v) is 15.2. The van der Waals surface area contributed by atoms with E-state index < -0.39 is 22.0 Å². The first kappa shape index (κ1) is 29.1. The van der Waals surface area contributed by atoms with E-state index in [4.69, 9.17) is 4.74 Å². The fraction of sp³-hybridized carbons (Fsp3) is 0.323. The zero-order valence-electron chi connectivity index (χ0n) is 24.3. The van der Waals surface area contributed by atoms with Gasteiger partial charge in [-0.25, -0.2) is 14.7 Å². The number of hydrogen-bond acceptors (Lipinski definition) is 8. The first-order valence-electron chi connectivity index (χ1n) is 13.7. The fourth-order valence-electron chi connectivity index (χ4n) is 5.07. The van der Waals surface area contributed by atoms with E-state index >= 15 is 0 Å². The highest BCUT2D eigenvalue weighted by Gasteiger charge is 2.32. The van der Waals surface area contributed by atoms with Crippen molar-refractivity contribution in [1.29, 1.82) is 0 Å². The van der Waals surface area contributed by atoms with Gasteiger partial charge in [0.2, 0.25) is 11.8 Å². The number of ether oxygens (including phenoxy) is 1. The van der Waals surface area contributed by atoms with E-state index in [2.05, 4.69) is 45.4 Å². The van der Waals surface area contributed by atoms with Crippen molar-refractivity contribution < 1.29 is 17.9 Å². The monoisotopic (exact) mass is 586 g/mol. The Bertz CT molecular complexity index is 1700. The third-order valence-electron chi connectivity index (χ3n) is 6.92. The summed E-state index contributed by atoms with van der Waals surface area (Å²) in [6, 6.07) is 17.0. The third kappa shape index (κ3) is 6.57. The van der Waals surface area contributed by atoms with Crippen molar-refractivity contribution in [2.75, 3.05) is 11.3 Å². The molecule has 11 heteroatoms. The number of carbonyl (C=O) groups excluding carboxylic acids is 1. The summed E-state index contributed by atoms with van der Waals surface area (Å²) in [6.07, 6.45) is 2.26. The van der Waals surface area contributed by atoms with Gasteiger partial charge in [0, 0.05) is 17.8 Å². The van der Waals surface area contributed by atoms with Crippen LogP contribution < -0.4 is 9.46 Å². The van der Waals surface area contributed by atoms with E-state index in [1.165, 1.54) is 18.2 Å². The van der Waals surface area contributed by atoms with Gasteiger partial charge in [-0.2, -0.15) is 13.4 Å². The molecule has 1 aromatic carbocycles. The second kappa shape index (κ2) is 11.5. The Morgan fingerprint density at radius 2 is 1.69 bits per heavy atom. The summed E-state index contributed by atoms with van der Waals surface area (Å²) in [4.78, 5) is 33.4. The number of hydrogen-bond donors (Lipinski definition) is 1. The lowest BCUT2D eigenvalue weighted by molar-refractivity contribution is 0.0503. The molecule has 1 N–H and O–H groups in total. The van der Waals surface area contributed by atoms with E-state index in [0.717, 1.165) is 16.7 Å². The molecule has 1 aliphatic rings. The highest BCUT2D eigenvalue weighted by Crippen LogP contribution is 2.31. The van der Waals surface area contributed by atoms with E-state index in [-0.39, 0.29) is 41.1 Å². The van der Waals surface area contributed by atoms with Crippen molar-refractivity contribution in [2.24, 2.45) is 5.41 Å². The Hall–Kier alpha value is -4.38. The minimum Gasteiger partial charge on any atom is -0.475 e. The molecule has 0 fully saturated rings. The minimum absolute atomic E-state index is 0.00388. The molecule has 218 valence electrons. The molecule has 0 saturated carbocycles. The Kier molecular flexibility index (Phi) is 7.96. The molecule has 3 aromatic heterocycles. The van der Waals surface area contributed by atoms with Crippen molar-refractivity contribution in [3.05, 3.63) is 89.4 Å². The standard InChI is InChI=1S/C31H34N6O4S/c1-20-10-8-11-21(2)28(20)25-16-26-35-30(34-25)36-42(39,40)27-14-9-13-24(33-27)29(38)37(18-22-12-6-7-15-32-22)23(19-41-26)17-31(3,4)5/h6-16,23H,17-19H2,1-5H3,(H,34,35,36)/t23-/m1/s1. The average molecular weight is 587 g/mol. The topological polar surface area (TPSA) is 127 Å². The van der Waals surface area contributed by atoms with E-state index in [1.807, 2.05) is 50.2 Å². The first-order chi connectivity index (χ1) is 19.9. The highest BCUT2D eigenvalue weighted by atomic mass is 32.2. The van der Waals surface area contributed by atoms with Crippen LogP contribution in [0.25, 0.3) is 11.3 Å². The van der Waals surface area contributed by atoms with Gasteiger partial charge < -0.3 is 9.64 Å². The van der Waals surface area contributed by atoms with Crippen molar-refractivity contribution in [2.45, 2.75) is 58.7 Å². The maximum Gasteiger partial charge on any atom is 0.281 e. The minimum atomic E-state index is -4.24. The SMILES string of the molecule is Cc1cccc(C)c1-c1cc2nc(n1)NS(=O)(=O)c1cccc(n1)C(=O)N(Cc1ccccn1)[C@H](CC(C)(C)C)CO2. The summed E-state index contributed by atoms with van der Waals surface area (Å²) in [5.74, 6) is -0.395. The van der Waals surface area contributed by atoms with Crippen LogP contribution in [0, 0.1) is 19.3 Å².